The summed E-state index contributed by atoms with van der Waals surface area (Å²) < 4.78 is 19.8. The summed E-state index contributed by atoms with van der Waals surface area (Å²) in [6.07, 6.45) is -0.991. The Morgan fingerprint density at radius 1 is 1.36 bits per heavy atom. The average molecular weight is 361 g/mol. The van der Waals surface area contributed by atoms with Crippen LogP contribution in [0.3, 0.4) is 0 Å². The van der Waals surface area contributed by atoms with Crippen LogP contribution in [0.15, 0.2) is 30.3 Å². The van der Waals surface area contributed by atoms with Crippen LogP contribution in [-0.2, 0) is 16.1 Å². The number of carbonyl (C=O) groups is 2. The van der Waals surface area contributed by atoms with Crippen molar-refractivity contribution in [3.63, 3.8) is 0 Å². The Morgan fingerprint density at radius 2 is 2.04 bits per heavy atom. The van der Waals surface area contributed by atoms with E-state index in [0.717, 1.165) is 21.5 Å². The molecule has 0 spiro atoms. The summed E-state index contributed by atoms with van der Waals surface area (Å²) in [5.41, 5.74) is 6.78. The smallest absolute Gasteiger partial charge is 0.349 e. The second kappa shape index (κ2) is 6.64. The fourth-order valence-corrected chi connectivity index (χ4v) is 3.40. The molecule has 6 nitrogen and oxygen atoms in total. The molecule has 0 aliphatic rings. The van der Waals surface area contributed by atoms with Gasteiger partial charge in [0.1, 0.15) is 15.5 Å². The molecule has 0 bridgehead atoms. The summed E-state index contributed by atoms with van der Waals surface area (Å²) in [6, 6.07) is 7.86. The number of aromatic nitrogens is 2. The van der Waals surface area contributed by atoms with Gasteiger partial charge in [-0.05, 0) is 37.6 Å². The van der Waals surface area contributed by atoms with E-state index < -0.39 is 18.0 Å². The van der Waals surface area contributed by atoms with Gasteiger partial charge in [-0.2, -0.15) is 5.10 Å². The molecule has 1 unspecified atom stereocenters. The lowest BCUT2D eigenvalue weighted by molar-refractivity contribution is -0.125. The molecule has 3 rings (SSSR count). The first-order chi connectivity index (χ1) is 11.8. The van der Waals surface area contributed by atoms with Crippen molar-refractivity contribution in [1.29, 1.82) is 0 Å². The standard InChI is InChI=1S/C17H16FN3O3S/c1-9-13-7-14(17(23)24-10(2)15(19)22)25-16(13)21(20-9)8-11-3-5-12(18)6-4-11/h3-7,10H,8H2,1-2H3,(H2,19,22). The minimum absolute atomic E-state index is 0.296. The molecule has 0 saturated heterocycles. The Labute approximate surface area is 147 Å². The number of aryl methyl sites for hydroxylation is 1. The van der Waals surface area contributed by atoms with Gasteiger partial charge in [-0.1, -0.05) is 12.1 Å². The molecule has 1 atom stereocenters. The summed E-state index contributed by atoms with van der Waals surface area (Å²) >= 11 is 1.23. The van der Waals surface area contributed by atoms with Crippen LogP contribution in [0.25, 0.3) is 10.2 Å². The summed E-state index contributed by atoms with van der Waals surface area (Å²) in [5.74, 6) is -1.59. The second-order valence-corrected chi connectivity index (χ2v) is 6.68. The lowest BCUT2D eigenvalue weighted by Gasteiger charge is -2.07. The highest BCUT2D eigenvalue weighted by molar-refractivity contribution is 7.20. The first-order valence-corrected chi connectivity index (χ1v) is 8.38. The molecule has 0 aliphatic heterocycles. The summed E-state index contributed by atoms with van der Waals surface area (Å²) in [4.78, 5) is 24.4. The summed E-state index contributed by atoms with van der Waals surface area (Å²) in [7, 11) is 0. The number of ether oxygens (including phenoxy) is 1. The van der Waals surface area contributed by atoms with Gasteiger partial charge in [0.2, 0.25) is 0 Å². The number of hydrogen-bond acceptors (Lipinski definition) is 5. The Kier molecular flexibility index (Phi) is 4.54. The number of benzene rings is 1. The maximum absolute atomic E-state index is 13.0. The molecule has 8 heteroatoms. The number of halogens is 1. The Hall–Kier alpha value is -2.74. The van der Waals surface area contributed by atoms with Gasteiger partial charge in [0.25, 0.3) is 5.91 Å². The van der Waals surface area contributed by atoms with Gasteiger partial charge < -0.3 is 10.5 Å². The fraction of sp³-hybridized carbons (Fsp3) is 0.235. The van der Waals surface area contributed by atoms with E-state index in [-0.39, 0.29) is 5.82 Å². The number of carbonyl (C=O) groups excluding carboxylic acids is 2. The van der Waals surface area contributed by atoms with Gasteiger partial charge in [0.15, 0.2) is 6.10 Å². The third-order valence-electron chi connectivity index (χ3n) is 3.74. The molecule has 0 fully saturated rings. The van der Waals surface area contributed by atoms with Crippen LogP contribution in [0.2, 0.25) is 0 Å². The summed E-state index contributed by atoms with van der Waals surface area (Å²) in [5, 5.41) is 5.30. The normalized spacial score (nSPS) is 12.3. The zero-order valence-electron chi connectivity index (χ0n) is 13.7. The van der Waals surface area contributed by atoms with Gasteiger partial charge in [-0.15, -0.1) is 11.3 Å². The van der Waals surface area contributed by atoms with Crippen molar-refractivity contribution in [3.05, 3.63) is 52.3 Å². The molecule has 3 aromatic rings. The third-order valence-corrected chi connectivity index (χ3v) is 4.87. The number of nitrogens with zero attached hydrogens (tertiary/aromatic N) is 2. The predicted octanol–water partition coefficient (Wildman–Crippen LogP) is 2.62. The number of esters is 1. The van der Waals surface area contributed by atoms with Gasteiger partial charge in [-0.3, -0.25) is 9.48 Å². The summed E-state index contributed by atoms with van der Waals surface area (Å²) in [6.45, 7) is 3.73. The number of nitrogens with two attached hydrogens (primary N) is 1. The molecule has 1 aromatic carbocycles. The van der Waals surface area contributed by atoms with E-state index in [0.29, 0.717) is 11.4 Å². The quantitative estimate of drug-likeness (QED) is 0.708. The van der Waals surface area contributed by atoms with Crippen LogP contribution >= 0.6 is 11.3 Å². The number of hydrogen-bond donors (Lipinski definition) is 1. The van der Waals surface area contributed by atoms with Crippen molar-refractivity contribution in [2.75, 3.05) is 0 Å². The Balaban J connectivity index is 1.89. The molecule has 2 aromatic heterocycles. The van der Waals surface area contributed by atoms with Gasteiger partial charge in [0.05, 0.1) is 12.2 Å². The molecular formula is C17H16FN3O3S. The first-order valence-electron chi connectivity index (χ1n) is 7.57. The Bertz CT molecular complexity index is 946. The molecule has 0 aliphatic carbocycles. The van der Waals surface area contributed by atoms with E-state index in [2.05, 4.69) is 5.10 Å². The van der Waals surface area contributed by atoms with Crippen molar-refractivity contribution < 1.29 is 18.7 Å². The molecule has 1 amide bonds. The van der Waals surface area contributed by atoms with Gasteiger partial charge in [0, 0.05) is 5.39 Å². The maximum Gasteiger partial charge on any atom is 0.349 e. The zero-order chi connectivity index (χ0) is 18.1. The molecule has 25 heavy (non-hydrogen) atoms. The van der Waals surface area contributed by atoms with Crippen molar-refractivity contribution in [2.24, 2.45) is 5.73 Å². The molecule has 0 radical (unpaired) electrons. The van der Waals surface area contributed by atoms with E-state index in [4.69, 9.17) is 10.5 Å². The largest absolute Gasteiger partial charge is 0.448 e. The van der Waals surface area contributed by atoms with Crippen molar-refractivity contribution in [3.8, 4) is 0 Å². The fourth-order valence-electron chi connectivity index (χ4n) is 2.36. The van der Waals surface area contributed by atoms with Crippen LogP contribution in [0.4, 0.5) is 4.39 Å². The minimum atomic E-state index is -0.991. The van der Waals surface area contributed by atoms with Crippen LogP contribution < -0.4 is 5.73 Å². The van der Waals surface area contributed by atoms with E-state index in [1.165, 1.54) is 30.4 Å². The lowest BCUT2D eigenvalue weighted by atomic mass is 10.2. The molecular weight excluding hydrogens is 345 g/mol. The highest BCUT2D eigenvalue weighted by atomic mass is 32.1. The Morgan fingerprint density at radius 3 is 2.68 bits per heavy atom. The molecule has 2 N–H and O–H groups in total. The molecule has 2 heterocycles. The minimum Gasteiger partial charge on any atom is -0.448 e. The SMILES string of the molecule is Cc1nn(Cc2ccc(F)cc2)c2sc(C(=O)OC(C)C(N)=O)cc12. The van der Waals surface area contributed by atoms with E-state index in [1.807, 2.05) is 6.92 Å². The van der Waals surface area contributed by atoms with Crippen molar-refractivity contribution in [2.45, 2.75) is 26.5 Å². The second-order valence-electron chi connectivity index (χ2n) is 5.65. The number of thiophene rings is 1. The van der Waals surface area contributed by atoms with Crippen LogP contribution in [0.1, 0.15) is 27.9 Å². The van der Waals surface area contributed by atoms with Crippen molar-refractivity contribution in [1.82, 2.24) is 9.78 Å². The number of rotatable bonds is 5. The number of fused-ring (bicyclic) bond motifs is 1. The predicted molar refractivity (Wildman–Crippen MR) is 91.9 cm³/mol. The zero-order valence-corrected chi connectivity index (χ0v) is 14.5. The van der Waals surface area contributed by atoms with Gasteiger partial charge >= 0.3 is 5.97 Å². The highest BCUT2D eigenvalue weighted by Gasteiger charge is 2.21. The van der Waals surface area contributed by atoms with Crippen LogP contribution in [0.5, 0.6) is 0 Å². The van der Waals surface area contributed by atoms with Gasteiger partial charge in [-0.25, -0.2) is 9.18 Å². The third kappa shape index (κ3) is 3.53. The van der Waals surface area contributed by atoms with Crippen LogP contribution in [-0.4, -0.2) is 27.8 Å². The van der Waals surface area contributed by atoms with Crippen LogP contribution in [0, 0.1) is 12.7 Å². The van der Waals surface area contributed by atoms with E-state index in [1.54, 1.807) is 22.9 Å². The maximum atomic E-state index is 13.0. The lowest BCUT2D eigenvalue weighted by Crippen LogP contribution is -2.30. The van der Waals surface area contributed by atoms with Crippen molar-refractivity contribution >= 4 is 33.4 Å². The molecule has 130 valence electrons. The highest BCUT2D eigenvalue weighted by Crippen LogP contribution is 2.29. The monoisotopic (exact) mass is 361 g/mol. The van der Waals surface area contributed by atoms with E-state index in [9.17, 15) is 14.0 Å². The van der Waals surface area contributed by atoms with E-state index >= 15 is 0 Å². The number of primary amides is 1. The number of amides is 1. The topological polar surface area (TPSA) is 87.2 Å². The average Bonchev–Trinajstić information content (AvgIpc) is 3.11. The first kappa shape index (κ1) is 17.1. The molecule has 0 saturated carbocycles.